The predicted molar refractivity (Wildman–Crippen MR) is 144 cm³/mol. The van der Waals surface area contributed by atoms with E-state index in [1.807, 2.05) is 6.07 Å². The molecule has 0 bridgehead atoms. The largest absolute Gasteiger partial charge is 0.454 e. The van der Waals surface area contributed by atoms with Crippen LogP contribution in [0.1, 0.15) is 22.0 Å². The van der Waals surface area contributed by atoms with Crippen LogP contribution in [-0.4, -0.2) is 23.2 Å². The summed E-state index contributed by atoms with van der Waals surface area (Å²) in [6.45, 7) is 0. The Hall–Kier alpha value is -4.43. The maximum atomic E-state index is 12.9. The van der Waals surface area contributed by atoms with Crippen molar-refractivity contribution in [3.05, 3.63) is 120 Å². The van der Waals surface area contributed by atoms with Crippen molar-refractivity contribution in [2.24, 2.45) is 0 Å². The van der Waals surface area contributed by atoms with Crippen molar-refractivity contribution in [2.75, 3.05) is 0 Å². The molecule has 0 spiro atoms. The van der Waals surface area contributed by atoms with Crippen molar-refractivity contribution in [3.63, 3.8) is 0 Å². The van der Waals surface area contributed by atoms with E-state index < -0.39 is 24.2 Å². The first kappa shape index (κ1) is 27.1. The second kappa shape index (κ2) is 10.3. The molecule has 0 radical (unpaired) electrons. The molecule has 0 aliphatic carbocycles. The van der Waals surface area contributed by atoms with Crippen LogP contribution >= 0.6 is 0 Å². The van der Waals surface area contributed by atoms with Gasteiger partial charge in [0, 0.05) is 11.1 Å². The third-order valence-electron chi connectivity index (χ3n) is 6.65. The van der Waals surface area contributed by atoms with Crippen LogP contribution in [0, 0.1) is 0 Å². The number of benzene rings is 6. The first-order valence-electron chi connectivity index (χ1n) is 12.1. The Kier molecular flexibility index (Phi) is 6.98. The summed E-state index contributed by atoms with van der Waals surface area (Å²) in [5.41, 5.74) is -0.350. The topological polar surface area (TPSA) is 37.3 Å². The summed E-state index contributed by atoms with van der Waals surface area (Å²) in [4.78, 5) is 11.8. The normalized spacial score (nSPS) is 12.9. The summed E-state index contributed by atoms with van der Waals surface area (Å²) < 4.78 is 77.3. The van der Waals surface area contributed by atoms with Gasteiger partial charge in [-0.1, -0.05) is 97.1 Å². The van der Waals surface area contributed by atoms with E-state index in [0.717, 1.165) is 0 Å². The van der Waals surface area contributed by atoms with Gasteiger partial charge < -0.3 is 5.11 Å². The number of fused-ring (bicyclic) bond motifs is 4. The van der Waals surface area contributed by atoms with Crippen molar-refractivity contribution in [2.45, 2.75) is 18.5 Å². The highest BCUT2D eigenvalue weighted by Crippen LogP contribution is 2.40. The lowest BCUT2D eigenvalue weighted by molar-refractivity contribution is -0.206. The monoisotopic (exact) mass is 550 g/mol. The van der Waals surface area contributed by atoms with Gasteiger partial charge in [-0.15, -0.1) is 0 Å². The average Bonchev–Trinajstić information content (AvgIpc) is 2.93. The van der Waals surface area contributed by atoms with E-state index in [4.69, 9.17) is 0 Å². The molecule has 8 heteroatoms. The number of rotatable bonds is 2. The van der Waals surface area contributed by atoms with Crippen molar-refractivity contribution >= 4 is 48.9 Å². The van der Waals surface area contributed by atoms with Gasteiger partial charge >= 0.3 is 12.4 Å². The lowest BCUT2D eigenvalue weighted by atomic mass is 9.93. The van der Waals surface area contributed by atoms with E-state index in [-0.39, 0.29) is 11.1 Å². The summed E-state index contributed by atoms with van der Waals surface area (Å²) in [5, 5.41) is 13.9. The molecule has 0 fully saturated rings. The molecular formula is C32H20F6O2. The number of aliphatic hydroxyl groups excluding tert-OH is 1. The van der Waals surface area contributed by atoms with E-state index in [2.05, 4.69) is 0 Å². The number of carbonyl (C=O) groups excluding carboxylic acids is 1. The van der Waals surface area contributed by atoms with E-state index in [1.165, 1.54) is 0 Å². The van der Waals surface area contributed by atoms with Crippen molar-refractivity contribution in [1.82, 2.24) is 0 Å². The zero-order valence-corrected chi connectivity index (χ0v) is 20.6. The number of hydrogen-bond acceptors (Lipinski definition) is 2. The van der Waals surface area contributed by atoms with Crippen molar-refractivity contribution in [1.29, 1.82) is 0 Å². The molecule has 1 N–H and O–H groups in total. The number of hydrogen-bond donors (Lipinski definition) is 1. The van der Waals surface area contributed by atoms with Crippen LogP contribution in [0.3, 0.4) is 0 Å². The van der Waals surface area contributed by atoms with Gasteiger partial charge in [0.1, 0.15) is 0 Å². The van der Waals surface area contributed by atoms with Gasteiger partial charge in [-0.25, -0.2) is 0 Å². The minimum Gasteiger partial charge on any atom is -0.379 e. The van der Waals surface area contributed by atoms with Gasteiger partial charge in [0.05, 0.1) is 0 Å². The molecular weight excluding hydrogens is 530 g/mol. The van der Waals surface area contributed by atoms with Crippen molar-refractivity contribution < 1.29 is 36.2 Å². The van der Waals surface area contributed by atoms with Crippen LogP contribution in [0.15, 0.2) is 109 Å². The number of ketones is 1. The molecule has 40 heavy (non-hydrogen) atoms. The lowest BCUT2D eigenvalue weighted by Gasteiger charge is -2.19. The number of aliphatic hydroxyl groups is 1. The molecule has 0 saturated heterocycles. The van der Waals surface area contributed by atoms with Crippen LogP contribution in [0.4, 0.5) is 26.3 Å². The molecule has 0 aliphatic heterocycles. The van der Waals surface area contributed by atoms with Gasteiger partial charge in [-0.05, 0) is 55.2 Å². The van der Waals surface area contributed by atoms with Crippen LogP contribution in [0.25, 0.3) is 43.1 Å². The molecule has 1 unspecified atom stereocenters. The van der Waals surface area contributed by atoms with Gasteiger partial charge in [0.15, 0.2) is 6.10 Å². The molecule has 202 valence electrons. The minimum absolute atomic E-state index is 0.0776. The summed E-state index contributed by atoms with van der Waals surface area (Å²) in [5.74, 6) is -1.80. The number of carbonyl (C=O) groups is 1. The third-order valence-corrected chi connectivity index (χ3v) is 6.65. The zero-order valence-electron chi connectivity index (χ0n) is 20.6. The quantitative estimate of drug-likeness (QED) is 0.133. The predicted octanol–water partition coefficient (Wildman–Crippen LogP) is 9.33. The molecule has 6 aromatic rings. The Morgan fingerprint density at radius 3 is 1.23 bits per heavy atom. The van der Waals surface area contributed by atoms with Crippen LogP contribution in [0.2, 0.25) is 0 Å². The van der Waals surface area contributed by atoms with Gasteiger partial charge in [-0.2, -0.15) is 26.3 Å². The summed E-state index contributed by atoms with van der Waals surface area (Å²) in [7, 11) is 0. The maximum absolute atomic E-state index is 12.9. The second-order valence-electron chi connectivity index (χ2n) is 9.20. The Morgan fingerprint density at radius 1 is 0.550 bits per heavy atom. The van der Waals surface area contributed by atoms with Gasteiger partial charge in [0.25, 0.3) is 5.78 Å². The molecule has 2 nitrogen and oxygen atoms in total. The lowest BCUT2D eigenvalue weighted by Crippen LogP contribution is -2.23. The average molecular weight is 550 g/mol. The SMILES string of the molecule is O=C(c1c2ccccc2cc2ccccc12)C(F)(F)F.OC(c1c2ccccc2cc2ccccc12)C(F)(F)F. The van der Waals surface area contributed by atoms with Crippen LogP contribution in [-0.2, 0) is 0 Å². The Balaban J connectivity index is 0.000000161. The molecule has 0 saturated carbocycles. The highest BCUT2D eigenvalue weighted by Gasteiger charge is 2.41. The van der Waals surface area contributed by atoms with Crippen LogP contribution in [0.5, 0.6) is 0 Å². The minimum atomic E-state index is -4.88. The molecule has 0 heterocycles. The zero-order chi connectivity index (χ0) is 28.7. The Bertz CT molecular complexity index is 1760. The second-order valence-corrected chi connectivity index (χ2v) is 9.20. The molecule has 0 aliphatic rings. The first-order chi connectivity index (χ1) is 19.0. The molecule has 6 aromatic carbocycles. The van der Waals surface area contributed by atoms with Crippen LogP contribution < -0.4 is 0 Å². The Morgan fingerprint density at radius 2 is 0.875 bits per heavy atom. The van der Waals surface area contributed by atoms with Gasteiger partial charge in [-0.3, -0.25) is 4.79 Å². The maximum Gasteiger partial charge on any atom is 0.454 e. The number of Topliss-reactive ketones (excluding diaryl/α,β-unsaturated/α-hetero) is 1. The molecule has 6 rings (SSSR count). The van der Waals surface area contributed by atoms with Gasteiger partial charge in [0.2, 0.25) is 0 Å². The summed E-state index contributed by atoms with van der Waals surface area (Å²) >= 11 is 0. The fraction of sp³-hybridized carbons (Fsp3) is 0.0938. The Labute approximate surface area is 224 Å². The smallest absolute Gasteiger partial charge is 0.379 e. The highest BCUT2D eigenvalue weighted by molar-refractivity contribution is 6.20. The fourth-order valence-corrected chi connectivity index (χ4v) is 4.91. The summed E-state index contributed by atoms with van der Waals surface area (Å²) in [6, 6.07) is 30.4. The molecule has 1 atom stereocenters. The number of alkyl halides is 6. The van der Waals surface area contributed by atoms with Crippen molar-refractivity contribution in [3.8, 4) is 0 Å². The highest BCUT2D eigenvalue weighted by atomic mass is 19.4. The standard InChI is InChI=1S/C16H11F3O.C16H9F3O/c2*17-16(18,19)15(20)14-12-7-3-1-5-10(12)9-11-6-2-4-8-13(11)14/h1-9,15,20H;1-9H. The van der Waals surface area contributed by atoms with E-state index >= 15 is 0 Å². The van der Waals surface area contributed by atoms with E-state index in [1.54, 1.807) is 103 Å². The molecule has 0 aromatic heterocycles. The van der Waals surface area contributed by atoms with E-state index in [0.29, 0.717) is 43.1 Å². The number of halogens is 6. The first-order valence-corrected chi connectivity index (χ1v) is 12.1. The van der Waals surface area contributed by atoms with E-state index in [9.17, 15) is 36.2 Å². The fourth-order valence-electron chi connectivity index (χ4n) is 4.91. The molecule has 0 amide bonds. The third kappa shape index (κ3) is 5.10. The summed E-state index contributed by atoms with van der Waals surface area (Å²) in [6.07, 6.45) is -12.1.